The van der Waals surface area contributed by atoms with Crippen molar-refractivity contribution in [2.24, 2.45) is 0 Å². The summed E-state index contributed by atoms with van der Waals surface area (Å²) in [6.45, 7) is 2.51. The molecule has 0 aliphatic rings. The van der Waals surface area contributed by atoms with Gasteiger partial charge in [-0.1, -0.05) is 6.08 Å². The van der Waals surface area contributed by atoms with Gasteiger partial charge in [-0.25, -0.2) is 0 Å². The number of ether oxygens (including phenoxy) is 1. The van der Waals surface area contributed by atoms with Crippen LogP contribution in [0.2, 0.25) is 0 Å². The van der Waals surface area contributed by atoms with Gasteiger partial charge in [0.15, 0.2) is 5.75 Å². The van der Waals surface area contributed by atoms with Gasteiger partial charge in [0.1, 0.15) is 22.1 Å². The largest absolute Gasteiger partial charge is 0.492 e. The number of hydrogen-bond donors (Lipinski definition) is 2. The van der Waals surface area contributed by atoms with Gasteiger partial charge in [-0.3, -0.25) is 4.79 Å². The Morgan fingerprint density at radius 1 is 1.57 bits per heavy atom. The third-order valence-electron chi connectivity index (χ3n) is 2.46. The second kappa shape index (κ2) is 6.70. The topological polar surface area (TPSA) is 67.6 Å². The third-order valence-corrected chi connectivity index (χ3v) is 3.76. The molecule has 9 heteroatoms. The summed E-state index contributed by atoms with van der Waals surface area (Å²) in [5.41, 5.74) is 5.80. The van der Waals surface area contributed by atoms with Gasteiger partial charge in [0.25, 0.3) is 5.91 Å². The lowest BCUT2D eigenvalue weighted by atomic mass is 10.3. The molecule has 0 radical (unpaired) electrons. The molecular formula is C12H16F3N3O2S. The highest BCUT2D eigenvalue weighted by atomic mass is 32.1. The van der Waals surface area contributed by atoms with E-state index in [1.807, 2.05) is 0 Å². The summed E-state index contributed by atoms with van der Waals surface area (Å²) in [6.07, 6.45) is -2.89. The summed E-state index contributed by atoms with van der Waals surface area (Å²) in [5, 5.41) is 2.67. The van der Waals surface area contributed by atoms with Gasteiger partial charge in [-0.15, -0.1) is 17.9 Å². The zero-order valence-electron chi connectivity index (χ0n) is 11.6. The van der Waals surface area contributed by atoms with E-state index in [4.69, 9.17) is 10.5 Å². The number of methoxy groups -OCH3 is 1. The Hall–Kier alpha value is -1.90. The van der Waals surface area contributed by atoms with Crippen molar-refractivity contribution in [3.8, 4) is 5.75 Å². The Morgan fingerprint density at radius 2 is 2.19 bits per heavy atom. The molecule has 21 heavy (non-hydrogen) atoms. The fourth-order valence-electron chi connectivity index (χ4n) is 1.62. The fourth-order valence-corrected chi connectivity index (χ4v) is 2.69. The van der Waals surface area contributed by atoms with Crippen LogP contribution < -0.4 is 20.7 Å². The van der Waals surface area contributed by atoms with Crippen LogP contribution >= 0.6 is 11.3 Å². The zero-order valence-corrected chi connectivity index (χ0v) is 12.4. The first-order valence-electron chi connectivity index (χ1n) is 5.84. The molecule has 3 N–H and O–H groups in total. The van der Waals surface area contributed by atoms with Crippen molar-refractivity contribution in [2.45, 2.75) is 6.18 Å². The highest BCUT2D eigenvalue weighted by molar-refractivity contribution is 7.19. The summed E-state index contributed by atoms with van der Waals surface area (Å²) in [4.78, 5) is 12.9. The molecule has 1 heterocycles. The maximum absolute atomic E-state index is 12.5. The fraction of sp³-hybridized carbons (Fsp3) is 0.417. The zero-order chi connectivity index (χ0) is 16.2. The van der Waals surface area contributed by atoms with Crippen LogP contribution in [0.4, 0.5) is 23.9 Å². The van der Waals surface area contributed by atoms with Gasteiger partial charge in [-0.05, 0) is 0 Å². The number of halogens is 3. The molecule has 0 aliphatic carbocycles. The molecule has 1 aromatic heterocycles. The molecule has 0 saturated heterocycles. The normalized spacial score (nSPS) is 11.1. The van der Waals surface area contributed by atoms with E-state index in [0.29, 0.717) is 0 Å². The highest BCUT2D eigenvalue weighted by Crippen LogP contribution is 2.44. The van der Waals surface area contributed by atoms with Gasteiger partial charge in [0.2, 0.25) is 0 Å². The predicted molar refractivity (Wildman–Crippen MR) is 77.1 cm³/mol. The Kier molecular flexibility index (Phi) is 5.47. The minimum Gasteiger partial charge on any atom is -0.492 e. The van der Waals surface area contributed by atoms with Crippen molar-refractivity contribution in [3.63, 3.8) is 0 Å². The van der Waals surface area contributed by atoms with Crippen LogP contribution in [0.5, 0.6) is 5.75 Å². The molecule has 0 atom stereocenters. The van der Waals surface area contributed by atoms with Crippen molar-refractivity contribution in [1.82, 2.24) is 5.32 Å². The average molecular weight is 323 g/mol. The molecule has 0 aromatic carbocycles. The number of carbonyl (C=O) groups is 1. The number of carbonyl (C=O) groups excluding carboxylic acids is 1. The molecule has 5 nitrogen and oxygen atoms in total. The van der Waals surface area contributed by atoms with Gasteiger partial charge in [0, 0.05) is 13.6 Å². The lowest BCUT2D eigenvalue weighted by Gasteiger charge is -2.20. The van der Waals surface area contributed by atoms with E-state index in [9.17, 15) is 18.0 Å². The average Bonchev–Trinajstić information content (AvgIpc) is 2.71. The van der Waals surface area contributed by atoms with Crippen LogP contribution in [0.3, 0.4) is 0 Å². The number of nitrogen functional groups attached to an aromatic ring is 1. The molecular weight excluding hydrogens is 307 g/mol. The lowest BCUT2D eigenvalue weighted by Crippen LogP contribution is -2.30. The maximum Gasteiger partial charge on any atom is 0.405 e. The van der Waals surface area contributed by atoms with E-state index in [0.717, 1.165) is 16.2 Å². The number of anilines is 2. The quantitative estimate of drug-likeness (QED) is 0.788. The number of alkyl halides is 3. The van der Waals surface area contributed by atoms with E-state index in [1.54, 1.807) is 0 Å². The number of nitrogens with zero attached hydrogens (tertiary/aromatic N) is 1. The van der Waals surface area contributed by atoms with Crippen LogP contribution in [-0.2, 0) is 0 Å². The molecule has 0 unspecified atom stereocenters. The first kappa shape index (κ1) is 17.2. The molecule has 1 rings (SSSR count). The number of hydrogen-bond acceptors (Lipinski definition) is 5. The number of rotatable bonds is 6. The van der Waals surface area contributed by atoms with E-state index in [-0.39, 0.29) is 27.9 Å². The molecule has 1 aromatic rings. The summed E-state index contributed by atoms with van der Waals surface area (Å²) >= 11 is 0.848. The van der Waals surface area contributed by atoms with Crippen molar-refractivity contribution < 1.29 is 22.7 Å². The Labute approximate surface area is 124 Å². The van der Waals surface area contributed by atoms with Crippen LogP contribution in [-0.4, -0.2) is 39.3 Å². The van der Waals surface area contributed by atoms with E-state index < -0.39 is 18.6 Å². The van der Waals surface area contributed by atoms with Crippen LogP contribution in [0.1, 0.15) is 9.67 Å². The smallest absolute Gasteiger partial charge is 0.405 e. The van der Waals surface area contributed by atoms with E-state index in [1.165, 1.54) is 20.2 Å². The van der Waals surface area contributed by atoms with Gasteiger partial charge >= 0.3 is 6.18 Å². The molecule has 0 spiro atoms. The Morgan fingerprint density at radius 3 is 2.67 bits per heavy atom. The van der Waals surface area contributed by atoms with Crippen molar-refractivity contribution >= 4 is 27.9 Å². The number of thiophene rings is 1. The Balaban J connectivity index is 3.10. The molecule has 0 aliphatic heterocycles. The monoisotopic (exact) mass is 323 g/mol. The molecule has 118 valence electrons. The SMILES string of the molecule is C=CCNC(=O)c1sc(N(C)CC(F)(F)F)c(OC)c1N. The van der Waals surface area contributed by atoms with Gasteiger partial charge < -0.3 is 20.7 Å². The van der Waals surface area contributed by atoms with E-state index >= 15 is 0 Å². The first-order chi connectivity index (χ1) is 9.71. The van der Waals surface area contributed by atoms with Crippen molar-refractivity contribution in [2.75, 3.05) is 37.9 Å². The second-order valence-electron chi connectivity index (χ2n) is 4.15. The number of amides is 1. The Bertz CT molecular complexity index is 529. The standard InChI is InChI=1S/C12H16F3N3O2S/c1-4-5-17-10(19)9-7(16)8(20-3)11(21-9)18(2)6-12(13,14)15/h4H,1,5-6,16H2,2-3H3,(H,17,19). The lowest BCUT2D eigenvalue weighted by molar-refractivity contribution is -0.119. The minimum atomic E-state index is -4.37. The maximum atomic E-state index is 12.5. The first-order valence-corrected chi connectivity index (χ1v) is 6.66. The molecule has 1 amide bonds. The van der Waals surface area contributed by atoms with Crippen LogP contribution in [0, 0.1) is 0 Å². The summed E-state index contributed by atoms with van der Waals surface area (Å²) in [6, 6.07) is 0. The summed E-state index contributed by atoms with van der Waals surface area (Å²) in [5.74, 6) is -0.419. The van der Waals surface area contributed by atoms with Gasteiger partial charge in [0.05, 0.1) is 7.11 Å². The highest BCUT2D eigenvalue weighted by Gasteiger charge is 2.32. The molecule has 0 bridgehead atoms. The van der Waals surface area contributed by atoms with E-state index in [2.05, 4.69) is 11.9 Å². The molecule has 0 saturated carbocycles. The number of nitrogens with one attached hydrogen (secondary N) is 1. The second-order valence-corrected chi connectivity index (χ2v) is 5.15. The minimum absolute atomic E-state index is 0.0214. The predicted octanol–water partition coefficient (Wildman–Crippen LogP) is 2.25. The van der Waals surface area contributed by atoms with Gasteiger partial charge in [-0.2, -0.15) is 13.2 Å². The summed E-state index contributed by atoms with van der Waals surface area (Å²) in [7, 11) is 2.54. The van der Waals surface area contributed by atoms with Crippen molar-refractivity contribution in [3.05, 3.63) is 17.5 Å². The van der Waals surface area contributed by atoms with Crippen LogP contribution in [0.15, 0.2) is 12.7 Å². The molecule has 0 fully saturated rings. The van der Waals surface area contributed by atoms with Crippen molar-refractivity contribution in [1.29, 1.82) is 0 Å². The van der Waals surface area contributed by atoms with Crippen LogP contribution in [0.25, 0.3) is 0 Å². The summed E-state index contributed by atoms with van der Waals surface area (Å²) < 4.78 is 42.4. The third kappa shape index (κ3) is 4.28. The number of nitrogens with two attached hydrogens (primary N) is 1.